The van der Waals surface area contributed by atoms with Crippen molar-refractivity contribution in [2.45, 2.75) is 0 Å². The van der Waals surface area contributed by atoms with Crippen molar-refractivity contribution < 1.29 is 4.79 Å². The third-order valence-electron chi connectivity index (χ3n) is 2.97. The van der Waals surface area contributed by atoms with Crippen molar-refractivity contribution in [2.24, 2.45) is 0 Å². The fraction of sp³-hybridized carbons (Fsp3) is 0. The summed E-state index contributed by atoms with van der Waals surface area (Å²) in [6, 6.07) is 18.3. The molecule has 0 fully saturated rings. The maximum Gasteiger partial charge on any atom is 0.211 e. The van der Waals surface area contributed by atoms with E-state index in [0.717, 1.165) is 33.6 Å². The fourth-order valence-electron chi connectivity index (χ4n) is 2.23. The van der Waals surface area contributed by atoms with Crippen LogP contribution in [0.25, 0.3) is 21.5 Å². The summed E-state index contributed by atoms with van der Waals surface area (Å²) in [5, 5.41) is 7.22. The Morgan fingerprint density at radius 2 is 1.35 bits per heavy atom. The Hall–Kier alpha value is -2.35. The summed E-state index contributed by atoms with van der Waals surface area (Å²) in [6.07, 6.45) is 0.730. The maximum atomic E-state index is 10.8. The van der Waals surface area contributed by atoms with Gasteiger partial charge in [-0.05, 0) is 16.8 Å². The van der Waals surface area contributed by atoms with E-state index >= 15 is 0 Å². The van der Waals surface area contributed by atoms with E-state index in [1.54, 1.807) is 0 Å². The van der Waals surface area contributed by atoms with Gasteiger partial charge in [0.25, 0.3) is 0 Å². The van der Waals surface area contributed by atoms with Crippen LogP contribution in [0.3, 0.4) is 0 Å². The summed E-state index contributed by atoms with van der Waals surface area (Å²) in [5.74, 6) is 0. The lowest BCUT2D eigenvalue weighted by Crippen LogP contribution is -1.96. The van der Waals surface area contributed by atoms with Gasteiger partial charge in [0.2, 0.25) is 6.41 Å². The number of carbonyl (C=O) groups excluding carboxylic acids is 1. The summed E-state index contributed by atoms with van der Waals surface area (Å²) >= 11 is 0. The van der Waals surface area contributed by atoms with Crippen LogP contribution in [-0.4, -0.2) is 6.41 Å². The van der Waals surface area contributed by atoms with Gasteiger partial charge in [-0.15, -0.1) is 0 Å². The fourth-order valence-corrected chi connectivity index (χ4v) is 2.23. The molecule has 0 saturated heterocycles. The molecule has 82 valence electrons. The highest BCUT2D eigenvalue weighted by Gasteiger charge is 2.05. The molecule has 0 radical (unpaired) electrons. The van der Waals surface area contributed by atoms with Crippen molar-refractivity contribution in [3.8, 4) is 0 Å². The number of amides is 1. The zero-order valence-corrected chi connectivity index (χ0v) is 9.18. The van der Waals surface area contributed by atoms with Crippen LogP contribution in [0.4, 0.5) is 5.69 Å². The summed E-state index contributed by atoms with van der Waals surface area (Å²) in [7, 11) is 0. The van der Waals surface area contributed by atoms with Gasteiger partial charge in [-0.2, -0.15) is 0 Å². The van der Waals surface area contributed by atoms with Crippen LogP contribution in [0.2, 0.25) is 0 Å². The third-order valence-corrected chi connectivity index (χ3v) is 2.97. The second kappa shape index (κ2) is 3.91. The summed E-state index contributed by atoms with van der Waals surface area (Å²) < 4.78 is 0. The van der Waals surface area contributed by atoms with Crippen molar-refractivity contribution in [3.63, 3.8) is 0 Å². The van der Waals surface area contributed by atoms with Gasteiger partial charge in [0.1, 0.15) is 0 Å². The molecule has 0 unspecified atom stereocenters. The molecule has 2 nitrogen and oxygen atoms in total. The Morgan fingerprint density at radius 3 is 1.88 bits per heavy atom. The lowest BCUT2D eigenvalue weighted by Gasteiger charge is -2.09. The van der Waals surface area contributed by atoms with Gasteiger partial charge in [0.15, 0.2) is 0 Å². The number of fused-ring (bicyclic) bond motifs is 2. The van der Waals surface area contributed by atoms with E-state index in [4.69, 9.17) is 0 Å². The van der Waals surface area contributed by atoms with Crippen LogP contribution >= 0.6 is 0 Å². The molecule has 0 heterocycles. The molecule has 0 atom stereocenters. The monoisotopic (exact) mass is 221 g/mol. The van der Waals surface area contributed by atoms with E-state index in [-0.39, 0.29) is 0 Å². The quantitative estimate of drug-likeness (QED) is 0.520. The first-order chi connectivity index (χ1) is 8.40. The number of hydrogen-bond acceptors (Lipinski definition) is 1. The first kappa shape index (κ1) is 9.85. The standard InChI is InChI=1S/C15H11NO/c17-10-16-15-13-7-3-1-5-11(13)9-12-6-2-4-8-14(12)15/h1-10H,(H,16,17). The van der Waals surface area contributed by atoms with Crippen molar-refractivity contribution in [1.29, 1.82) is 0 Å². The molecule has 1 amide bonds. The SMILES string of the molecule is O=CNc1c2ccccc2cc2ccccc12. The van der Waals surface area contributed by atoms with Gasteiger partial charge >= 0.3 is 0 Å². The van der Waals surface area contributed by atoms with Gasteiger partial charge in [-0.1, -0.05) is 48.5 Å². The second-order valence-electron chi connectivity index (χ2n) is 3.96. The van der Waals surface area contributed by atoms with Crippen LogP contribution in [-0.2, 0) is 4.79 Å². The molecule has 0 aliphatic rings. The van der Waals surface area contributed by atoms with Gasteiger partial charge in [0, 0.05) is 10.8 Å². The van der Waals surface area contributed by atoms with Crippen LogP contribution < -0.4 is 5.32 Å². The Balaban J connectivity index is 2.51. The number of carbonyl (C=O) groups is 1. The molecule has 3 aromatic rings. The largest absolute Gasteiger partial charge is 0.328 e. The van der Waals surface area contributed by atoms with E-state index in [9.17, 15) is 4.79 Å². The Morgan fingerprint density at radius 1 is 0.824 bits per heavy atom. The molecule has 17 heavy (non-hydrogen) atoms. The molecule has 0 aliphatic carbocycles. The van der Waals surface area contributed by atoms with Crippen molar-refractivity contribution in [2.75, 3.05) is 5.32 Å². The van der Waals surface area contributed by atoms with Crippen LogP contribution in [0, 0.1) is 0 Å². The zero-order chi connectivity index (χ0) is 11.7. The number of hydrogen-bond donors (Lipinski definition) is 1. The lowest BCUT2D eigenvalue weighted by molar-refractivity contribution is -0.105. The van der Waals surface area contributed by atoms with Gasteiger partial charge < -0.3 is 5.32 Å². The molecule has 3 aromatic carbocycles. The molecular weight excluding hydrogens is 210 g/mol. The van der Waals surface area contributed by atoms with E-state index < -0.39 is 0 Å². The topological polar surface area (TPSA) is 29.1 Å². The number of rotatable bonds is 2. The minimum atomic E-state index is 0.730. The van der Waals surface area contributed by atoms with E-state index in [1.165, 1.54) is 0 Å². The van der Waals surface area contributed by atoms with Gasteiger partial charge in [-0.3, -0.25) is 4.79 Å². The molecule has 2 heteroatoms. The normalized spacial score (nSPS) is 10.6. The average molecular weight is 221 g/mol. The molecule has 1 N–H and O–H groups in total. The van der Waals surface area contributed by atoms with Crippen LogP contribution in [0.1, 0.15) is 0 Å². The highest BCUT2D eigenvalue weighted by Crippen LogP contribution is 2.32. The Kier molecular flexibility index (Phi) is 2.26. The maximum absolute atomic E-state index is 10.8. The second-order valence-corrected chi connectivity index (χ2v) is 3.96. The predicted molar refractivity (Wildman–Crippen MR) is 71.1 cm³/mol. The van der Waals surface area contributed by atoms with Crippen molar-refractivity contribution >= 4 is 33.6 Å². The third kappa shape index (κ3) is 1.54. The summed E-state index contributed by atoms with van der Waals surface area (Å²) in [4.78, 5) is 10.8. The smallest absolute Gasteiger partial charge is 0.211 e. The first-order valence-electron chi connectivity index (χ1n) is 5.51. The predicted octanol–water partition coefficient (Wildman–Crippen LogP) is 3.56. The summed E-state index contributed by atoms with van der Waals surface area (Å²) in [5.41, 5.74) is 0.883. The molecule has 0 aliphatic heterocycles. The molecular formula is C15H11NO. The van der Waals surface area contributed by atoms with Gasteiger partial charge in [0.05, 0.1) is 5.69 Å². The Labute approximate surface area is 98.9 Å². The van der Waals surface area contributed by atoms with Crippen LogP contribution in [0.15, 0.2) is 54.6 Å². The minimum Gasteiger partial charge on any atom is -0.328 e. The van der Waals surface area contributed by atoms with Gasteiger partial charge in [-0.25, -0.2) is 0 Å². The average Bonchev–Trinajstić information content (AvgIpc) is 2.39. The summed E-state index contributed by atoms with van der Waals surface area (Å²) in [6.45, 7) is 0. The van der Waals surface area contributed by atoms with E-state index in [2.05, 4.69) is 23.5 Å². The molecule has 3 rings (SSSR count). The highest BCUT2D eigenvalue weighted by molar-refractivity contribution is 6.13. The van der Waals surface area contributed by atoms with E-state index in [0.29, 0.717) is 0 Å². The minimum absolute atomic E-state index is 0.730. The van der Waals surface area contributed by atoms with Crippen molar-refractivity contribution in [1.82, 2.24) is 0 Å². The number of benzene rings is 3. The zero-order valence-electron chi connectivity index (χ0n) is 9.18. The molecule has 0 bridgehead atoms. The number of nitrogens with one attached hydrogen (secondary N) is 1. The highest BCUT2D eigenvalue weighted by atomic mass is 16.1. The van der Waals surface area contributed by atoms with Crippen molar-refractivity contribution in [3.05, 3.63) is 54.6 Å². The lowest BCUT2D eigenvalue weighted by atomic mass is 10.0. The molecule has 0 saturated carbocycles. The Bertz CT molecular complexity index is 649. The first-order valence-corrected chi connectivity index (χ1v) is 5.51. The van der Waals surface area contributed by atoms with Crippen LogP contribution in [0.5, 0.6) is 0 Å². The van der Waals surface area contributed by atoms with E-state index in [1.807, 2.05) is 36.4 Å². The number of anilines is 1. The molecule has 0 spiro atoms. The molecule has 0 aromatic heterocycles.